The fraction of sp³-hybridized carbons (Fsp3) is 1.00. The maximum Gasteiger partial charge on any atom is 0.0213 e. The van der Waals surface area contributed by atoms with E-state index in [1.807, 2.05) is 0 Å². The van der Waals surface area contributed by atoms with Gasteiger partial charge in [0.15, 0.2) is 0 Å². The molecule has 0 aromatic rings. The van der Waals surface area contributed by atoms with Crippen molar-refractivity contribution in [2.24, 2.45) is 5.92 Å². The van der Waals surface area contributed by atoms with Crippen molar-refractivity contribution in [1.29, 1.82) is 0 Å². The molecular weight excluding hydrogens is 182 g/mol. The first kappa shape index (κ1) is 13.0. The van der Waals surface area contributed by atoms with Gasteiger partial charge >= 0.3 is 0 Å². The van der Waals surface area contributed by atoms with E-state index < -0.39 is 0 Å². The molecule has 1 saturated carbocycles. The number of hydrogen-bond donors (Lipinski definition) is 0. The summed E-state index contributed by atoms with van der Waals surface area (Å²) < 4.78 is 0. The predicted molar refractivity (Wildman–Crippen MR) is 66.8 cm³/mol. The van der Waals surface area contributed by atoms with Crippen molar-refractivity contribution in [3.8, 4) is 0 Å². The first-order valence-electron chi connectivity index (χ1n) is 7.04. The summed E-state index contributed by atoms with van der Waals surface area (Å²) in [5, 5.41) is 0. The molecule has 1 radical (unpaired) electrons. The van der Waals surface area contributed by atoms with Crippen LogP contribution in [0.2, 0.25) is 0 Å². The fourth-order valence-corrected chi connectivity index (χ4v) is 2.66. The lowest BCUT2D eigenvalue weighted by Crippen LogP contribution is -2.19. The molecule has 0 heterocycles. The zero-order chi connectivity index (χ0) is 10.9. The Morgan fingerprint density at radius 3 is 2.13 bits per heavy atom. The smallest absolute Gasteiger partial charge is 0.0213 e. The Morgan fingerprint density at radius 1 is 0.867 bits per heavy atom. The third-order valence-corrected chi connectivity index (χ3v) is 3.81. The molecule has 0 saturated heterocycles. The Labute approximate surface area is 95.8 Å². The number of rotatable bonds is 7. The summed E-state index contributed by atoms with van der Waals surface area (Å²) in [5.74, 6) is 0.970. The molecule has 1 aliphatic carbocycles. The molecule has 1 fully saturated rings. The largest absolute Gasteiger partial charge is 0.255 e. The van der Waals surface area contributed by atoms with Gasteiger partial charge in [0, 0.05) is 6.04 Å². The molecule has 0 aliphatic heterocycles. The highest BCUT2D eigenvalue weighted by atomic mass is 14.6. The summed E-state index contributed by atoms with van der Waals surface area (Å²) in [6, 6.07) is 0.269. The minimum atomic E-state index is 0.269. The second-order valence-electron chi connectivity index (χ2n) is 5.27. The lowest BCUT2D eigenvalue weighted by molar-refractivity contribution is 0.298. The molecule has 1 heteroatoms. The van der Waals surface area contributed by atoms with Crippen LogP contribution in [0.3, 0.4) is 0 Å². The van der Waals surface area contributed by atoms with Crippen LogP contribution in [0.25, 0.3) is 0 Å². The van der Waals surface area contributed by atoms with Crippen LogP contribution in [-0.2, 0) is 0 Å². The molecule has 0 amide bonds. The SMILES string of the molecule is CCCCCCCCC1CCC([NH])CC1. The van der Waals surface area contributed by atoms with Gasteiger partial charge in [0.25, 0.3) is 0 Å². The van der Waals surface area contributed by atoms with Gasteiger partial charge in [0.05, 0.1) is 0 Å². The molecule has 1 aliphatic rings. The van der Waals surface area contributed by atoms with Crippen LogP contribution in [0.1, 0.15) is 77.6 Å². The van der Waals surface area contributed by atoms with Gasteiger partial charge in [-0.2, -0.15) is 0 Å². The van der Waals surface area contributed by atoms with E-state index in [9.17, 15) is 0 Å². The van der Waals surface area contributed by atoms with E-state index >= 15 is 0 Å². The van der Waals surface area contributed by atoms with Crippen molar-refractivity contribution < 1.29 is 0 Å². The van der Waals surface area contributed by atoms with Crippen LogP contribution in [-0.4, -0.2) is 6.04 Å². The van der Waals surface area contributed by atoms with Crippen LogP contribution in [0.15, 0.2) is 0 Å². The molecule has 15 heavy (non-hydrogen) atoms. The van der Waals surface area contributed by atoms with E-state index in [1.165, 1.54) is 70.6 Å². The summed E-state index contributed by atoms with van der Waals surface area (Å²) in [5.41, 5.74) is 7.65. The van der Waals surface area contributed by atoms with Crippen LogP contribution in [0, 0.1) is 5.92 Å². The van der Waals surface area contributed by atoms with Gasteiger partial charge in [0.1, 0.15) is 0 Å². The van der Waals surface area contributed by atoms with Crippen LogP contribution in [0.5, 0.6) is 0 Å². The molecule has 0 spiro atoms. The lowest BCUT2D eigenvalue weighted by atomic mass is 9.83. The summed E-state index contributed by atoms with van der Waals surface area (Å²) in [6.45, 7) is 2.28. The molecule has 89 valence electrons. The van der Waals surface area contributed by atoms with Gasteiger partial charge in [-0.05, 0) is 31.6 Å². The standard InChI is InChI=1S/C14H28N/c1-2-3-4-5-6-7-8-13-9-11-14(15)12-10-13/h13-15H,2-12H2,1H3. The quantitative estimate of drug-likeness (QED) is 0.549. The summed E-state index contributed by atoms with van der Waals surface area (Å²) in [4.78, 5) is 0. The van der Waals surface area contributed by atoms with Crippen LogP contribution < -0.4 is 5.73 Å². The van der Waals surface area contributed by atoms with Gasteiger partial charge < -0.3 is 0 Å². The Hall–Kier alpha value is -0.0400. The Bertz CT molecular complexity index is 136. The van der Waals surface area contributed by atoms with Crippen molar-refractivity contribution in [3.63, 3.8) is 0 Å². The topological polar surface area (TPSA) is 23.8 Å². The van der Waals surface area contributed by atoms with Crippen molar-refractivity contribution >= 4 is 0 Å². The second-order valence-corrected chi connectivity index (χ2v) is 5.27. The van der Waals surface area contributed by atoms with E-state index in [0.29, 0.717) is 0 Å². The molecule has 0 aromatic carbocycles. The maximum atomic E-state index is 7.65. The lowest BCUT2D eigenvalue weighted by Gasteiger charge is -2.25. The van der Waals surface area contributed by atoms with Crippen molar-refractivity contribution in [2.75, 3.05) is 0 Å². The predicted octanol–water partition coefficient (Wildman–Crippen LogP) is 4.58. The van der Waals surface area contributed by atoms with Crippen molar-refractivity contribution in [3.05, 3.63) is 0 Å². The van der Waals surface area contributed by atoms with E-state index in [1.54, 1.807) is 0 Å². The van der Waals surface area contributed by atoms with E-state index in [4.69, 9.17) is 5.73 Å². The highest BCUT2D eigenvalue weighted by Gasteiger charge is 2.17. The highest BCUT2D eigenvalue weighted by molar-refractivity contribution is 4.73. The Morgan fingerprint density at radius 2 is 1.47 bits per heavy atom. The van der Waals surface area contributed by atoms with Crippen molar-refractivity contribution in [1.82, 2.24) is 5.73 Å². The molecule has 1 nitrogen and oxygen atoms in total. The third-order valence-electron chi connectivity index (χ3n) is 3.81. The number of hydrogen-bond acceptors (Lipinski definition) is 0. The molecule has 0 unspecified atom stereocenters. The van der Waals surface area contributed by atoms with Crippen LogP contribution >= 0.6 is 0 Å². The monoisotopic (exact) mass is 210 g/mol. The molecular formula is C14H28N. The average molecular weight is 210 g/mol. The second kappa shape index (κ2) is 8.15. The summed E-state index contributed by atoms with van der Waals surface area (Å²) in [7, 11) is 0. The summed E-state index contributed by atoms with van der Waals surface area (Å²) in [6.07, 6.45) is 15.0. The van der Waals surface area contributed by atoms with Gasteiger partial charge in [-0.1, -0.05) is 51.9 Å². The van der Waals surface area contributed by atoms with Crippen LogP contribution in [0.4, 0.5) is 0 Å². The Kier molecular flexibility index (Phi) is 7.08. The van der Waals surface area contributed by atoms with E-state index in [-0.39, 0.29) is 6.04 Å². The maximum absolute atomic E-state index is 7.65. The molecule has 1 N–H and O–H groups in total. The minimum absolute atomic E-state index is 0.269. The summed E-state index contributed by atoms with van der Waals surface area (Å²) >= 11 is 0. The number of nitrogens with one attached hydrogen (secondary N) is 1. The minimum Gasteiger partial charge on any atom is -0.255 e. The molecule has 0 bridgehead atoms. The first-order valence-corrected chi connectivity index (χ1v) is 7.04. The van der Waals surface area contributed by atoms with Gasteiger partial charge in [-0.3, -0.25) is 5.73 Å². The average Bonchev–Trinajstić information content (AvgIpc) is 2.26. The van der Waals surface area contributed by atoms with E-state index in [0.717, 1.165) is 5.92 Å². The van der Waals surface area contributed by atoms with Gasteiger partial charge in [-0.15, -0.1) is 0 Å². The van der Waals surface area contributed by atoms with Gasteiger partial charge in [0.2, 0.25) is 0 Å². The van der Waals surface area contributed by atoms with Crippen molar-refractivity contribution in [2.45, 2.75) is 83.6 Å². The zero-order valence-electron chi connectivity index (χ0n) is 10.4. The molecule has 0 atom stereocenters. The highest BCUT2D eigenvalue weighted by Crippen LogP contribution is 2.28. The third kappa shape index (κ3) is 6.19. The zero-order valence-corrected chi connectivity index (χ0v) is 10.4. The number of unbranched alkanes of at least 4 members (excludes halogenated alkanes) is 5. The normalized spacial score (nSPS) is 26.8. The van der Waals surface area contributed by atoms with E-state index in [2.05, 4.69) is 6.92 Å². The molecule has 1 rings (SSSR count). The first-order chi connectivity index (χ1) is 7.33. The van der Waals surface area contributed by atoms with Gasteiger partial charge in [-0.25, -0.2) is 0 Å². The fourth-order valence-electron chi connectivity index (χ4n) is 2.66. The Balaban J connectivity index is 1.87. The molecule has 0 aromatic heterocycles.